The summed E-state index contributed by atoms with van der Waals surface area (Å²) in [5, 5.41) is 13.1. The number of nitrogen functional groups attached to an aromatic ring is 1. The molecule has 1 aromatic carbocycles. The molecule has 18 heavy (non-hydrogen) atoms. The molecule has 0 atom stereocenters. The number of nitrogens with one attached hydrogen (secondary N) is 1. The summed E-state index contributed by atoms with van der Waals surface area (Å²) >= 11 is 0. The molecule has 1 heterocycles. The number of carboxylic acids is 1. The molecule has 94 valence electrons. The van der Waals surface area contributed by atoms with Gasteiger partial charge in [0, 0.05) is 18.1 Å². The Morgan fingerprint density at radius 1 is 1.50 bits per heavy atom. The first kappa shape index (κ1) is 12.2. The zero-order valence-electron chi connectivity index (χ0n) is 10.1. The Hall–Kier alpha value is -2.30. The van der Waals surface area contributed by atoms with E-state index in [9.17, 15) is 9.90 Å². The molecule has 2 rings (SSSR count). The number of fused-ring (bicyclic) bond motifs is 1. The highest BCUT2D eigenvalue weighted by Crippen LogP contribution is 2.29. The summed E-state index contributed by atoms with van der Waals surface area (Å²) in [7, 11) is 0. The van der Waals surface area contributed by atoms with E-state index >= 15 is 0 Å². The fourth-order valence-corrected chi connectivity index (χ4v) is 1.85. The molecule has 4 N–H and O–H groups in total. The number of nitrogens with zero attached hydrogens (tertiary/aromatic N) is 1. The molecule has 0 unspecified atom stereocenters. The monoisotopic (exact) mass is 245 g/mol. The predicted octanol–water partition coefficient (Wildman–Crippen LogP) is 2.34. The molecule has 0 saturated heterocycles. The molecule has 5 nitrogen and oxygen atoms in total. The first-order valence-electron chi connectivity index (χ1n) is 5.79. The van der Waals surface area contributed by atoms with Crippen molar-refractivity contribution in [1.29, 1.82) is 0 Å². The topological polar surface area (TPSA) is 88.2 Å². The van der Waals surface area contributed by atoms with Crippen molar-refractivity contribution in [2.75, 3.05) is 17.6 Å². The van der Waals surface area contributed by atoms with E-state index in [0.29, 0.717) is 23.4 Å². The highest BCUT2D eigenvalue weighted by atomic mass is 16.4. The smallest absolute Gasteiger partial charge is 0.339 e. The second kappa shape index (κ2) is 4.91. The summed E-state index contributed by atoms with van der Waals surface area (Å²) in [6.45, 7) is 2.72. The van der Waals surface area contributed by atoms with Crippen molar-refractivity contribution in [2.45, 2.75) is 13.3 Å². The zero-order valence-corrected chi connectivity index (χ0v) is 10.1. The Labute approximate surface area is 105 Å². The van der Waals surface area contributed by atoms with Crippen LogP contribution in [-0.2, 0) is 0 Å². The molecule has 2 aromatic rings. The number of hydrogen-bond acceptors (Lipinski definition) is 4. The van der Waals surface area contributed by atoms with Gasteiger partial charge in [0.15, 0.2) is 0 Å². The fourth-order valence-electron chi connectivity index (χ4n) is 1.85. The van der Waals surface area contributed by atoms with Gasteiger partial charge in [-0.05, 0) is 12.5 Å². The molecular weight excluding hydrogens is 230 g/mol. The van der Waals surface area contributed by atoms with Crippen molar-refractivity contribution in [3.63, 3.8) is 0 Å². The van der Waals surface area contributed by atoms with Gasteiger partial charge in [-0.2, -0.15) is 0 Å². The number of aromatic nitrogens is 1. The Balaban J connectivity index is 2.68. The average molecular weight is 245 g/mol. The van der Waals surface area contributed by atoms with Crippen molar-refractivity contribution in [1.82, 2.24) is 4.98 Å². The first-order chi connectivity index (χ1) is 8.65. The van der Waals surface area contributed by atoms with E-state index in [1.54, 1.807) is 12.1 Å². The number of para-hydroxylation sites is 1. The van der Waals surface area contributed by atoms with Crippen molar-refractivity contribution in [3.05, 3.63) is 30.0 Å². The number of nitrogens with two attached hydrogens (primary N) is 1. The normalized spacial score (nSPS) is 10.5. The van der Waals surface area contributed by atoms with Crippen LogP contribution in [0.1, 0.15) is 23.7 Å². The molecule has 5 heteroatoms. The van der Waals surface area contributed by atoms with Crippen LogP contribution in [0.25, 0.3) is 10.9 Å². The molecule has 0 spiro atoms. The van der Waals surface area contributed by atoms with Crippen LogP contribution in [0.2, 0.25) is 0 Å². The summed E-state index contributed by atoms with van der Waals surface area (Å²) < 4.78 is 0. The molecule has 0 fully saturated rings. The molecule has 0 saturated carbocycles. The highest BCUT2D eigenvalue weighted by molar-refractivity contribution is 6.06. The molecule has 0 radical (unpaired) electrons. The molecule has 0 aliphatic carbocycles. The number of anilines is 2. The van der Waals surface area contributed by atoms with Gasteiger partial charge in [-0.1, -0.05) is 19.1 Å². The van der Waals surface area contributed by atoms with Crippen molar-refractivity contribution >= 4 is 28.2 Å². The average Bonchev–Trinajstić information content (AvgIpc) is 2.36. The van der Waals surface area contributed by atoms with Gasteiger partial charge in [0.1, 0.15) is 5.56 Å². The lowest BCUT2D eigenvalue weighted by Crippen LogP contribution is -2.09. The van der Waals surface area contributed by atoms with Crippen LogP contribution in [0.15, 0.2) is 24.4 Å². The second-order valence-electron chi connectivity index (χ2n) is 4.02. The lowest BCUT2D eigenvalue weighted by atomic mass is 10.1. The van der Waals surface area contributed by atoms with Crippen molar-refractivity contribution in [2.24, 2.45) is 0 Å². The van der Waals surface area contributed by atoms with Crippen LogP contribution in [0.5, 0.6) is 0 Å². The van der Waals surface area contributed by atoms with E-state index in [2.05, 4.69) is 10.3 Å². The third-order valence-electron chi connectivity index (χ3n) is 2.71. The number of carboxylic acid groups (broad SMARTS) is 1. The number of carbonyl (C=O) groups is 1. The summed E-state index contributed by atoms with van der Waals surface area (Å²) in [5.74, 6) is -0.995. The maximum Gasteiger partial charge on any atom is 0.339 e. The third-order valence-corrected chi connectivity index (χ3v) is 2.71. The quantitative estimate of drug-likeness (QED) is 0.719. The van der Waals surface area contributed by atoms with Crippen molar-refractivity contribution < 1.29 is 9.90 Å². The minimum atomic E-state index is -0.995. The predicted molar refractivity (Wildman–Crippen MR) is 71.9 cm³/mol. The number of benzene rings is 1. The van der Waals surface area contributed by atoms with E-state index in [4.69, 9.17) is 5.73 Å². The Kier molecular flexibility index (Phi) is 3.32. The SMILES string of the molecule is CCCNc1c(C(=O)O)cnc2c(N)cccc12. The Morgan fingerprint density at radius 3 is 2.94 bits per heavy atom. The highest BCUT2D eigenvalue weighted by Gasteiger charge is 2.14. The van der Waals surface area contributed by atoms with Crippen LogP contribution in [0.4, 0.5) is 11.4 Å². The van der Waals surface area contributed by atoms with Gasteiger partial charge in [-0.3, -0.25) is 4.98 Å². The van der Waals surface area contributed by atoms with Crippen LogP contribution in [0, 0.1) is 0 Å². The molecule has 0 aliphatic rings. The van der Waals surface area contributed by atoms with Gasteiger partial charge in [-0.25, -0.2) is 4.79 Å². The minimum absolute atomic E-state index is 0.168. The van der Waals surface area contributed by atoms with E-state index in [-0.39, 0.29) is 5.56 Å². The van der Waals surface area contributed by atoms with E-state index in [1.165, 1.54) is 6.20 Å². The van der Waals surface area contributed by atoms with Gasteiger partial charge in [-0.15, -0.1) is 0 Å². The second-order valence-corrected chi connectivity index (χ2v) is 4.02. The van der Waals surface area contributed by atoms with E-state index in [1.807, 2.05) is 13.0 Å². The molecule has 0 bridgehead atoms. The number of aromatic carboxylic acids is 1. The molecule has 0 amide bonds. The Morgan fingerprint density at radius 2 is 2.28 bits per heavy atom. The largest absolute Gasteiger partial charge is 0.478 e. The van der Waals surface area contributed by atoms with Crippen LogP contribution in [0.3, 0.4) is 0 Å². The Bertz CT molecular complexity index is 596. The molecule has 1 aromatic heterocycles. The fraction of sp³-hybridized carbons (Fsp3) is 0.231. The van der Waals surface area contributed by atoms with Gasteiger partial charge in [0.2, 0.25) is 0 Å². The number of pyridine rings is 1. The standard InChI is InChI=1S/C13H15N3O2/c1-2-6-15-11-8-4-3-5-10(14)12(8)16-7-9(11)13(17)18/h3-5,7H,2,6,14H2,1H3,(H,15,16)(H,17,18). The summed E-state index contributed by atoms with van der Waals surface area (Å²) in [5.41, 5.74) is 7.77. The summed E-state index contributed by atoms with van der Waals surface area (Å²) in [6.07, 6.45) is 2.25. The third kappa shape index (κ3) is 2.07. The minimum Gasteiger partial charge on any atom is -0.478 e. The van der Waals surface area contributed by atoms with Crippen LogP contribution in [-0.4, -0.2) is 22.6 Å². The van der Waals surface area contributed by atoms with Crippen LogP contribution < -0.4 is 11.1 Å². The number of hydrogen-bond donors (Lipinski definition) is 3. The van der Waals surface area contributed by atoms with Crippen LogP contribution >= 0.6 is 0 Å². The molecular formula is C13H15N3O2. The lowest BCUT2D eigenvalue weighted by molar-refractivity contribution is 0.0697. The van der Waals surface area contributed by atoms with E-state index in [0.717, 1.165) is 11.8 Å². The molecule has 0 aliphatic heterocycles. The summed E-state index contributed by atoms with van der Waals surface area (Å²) in [4.78, 5) is 15.3. The van der Waals surface area contributed by atoms with E-state index < -0.39 is 5.97 Å². The lowest BCUT2D eigenvalue weighted by Gasteiger charge is -2.12. The first-order valence-corrected chi connectivity index (χ1v) is 5.79. The maximum absolute atomic E-state index is 11.2. The van der Waals surface area contributed by atoms with Gasteiger partial charge in [0.05, 0.1) is 16.9 Å². The van der Waals surface area contributed by atoms with Gasteiger partial charge < -0.3 is 16.2 Å². The summed E-state index contributed by atoms with van der Waals surface area (Å²) in [6, 6.07) is 5.37. The number of rotatable bonds is 4. The van der Waals surface area contributed by atoms with Gasteiger partial charge >= 0.3 is 5.97 Å². The van der Waals surface area contributed by atoms with Crippen molar-refractivity contribution in [3.8, 4) is 0 Å². The van der Waals surface area contributed by atoms with Gasteiger partial charge in [0.25, 0.3) is 0 Å². The maximum atomic E-state index is 11.2. The zero-order chi connectivity index (χ0) is 13.1.